The number of anilines is 1. The van der Waals surface area contributed by atoms with Crippen molar-refractivity contribution in [2.75, 3.05) is 25.5 Å². The summed E-state index contributed by atoms with van der Waals surface area (Å²) in [5.41, 5.74) is 6.17. The van der Waals surface area contributed by atoms with Gasteiger partial charge >= 0.3 is 0 Å². The van der Waals surface area contributed by atoms with Crippen LogP contribution in [0, 0.1) is 0 Å². The lowest BCUT2D eigenvalue weighted by Crippen LogP contribution is -2.35. The third-order valence-electron chi connectivity index (χ3n) is 8.45. The van der Waals surface area contributed by atoms with E-state index in [9.17, 15) is 0 Å². The van der Waals surface area contributed by atoms with Gasteiger partial charge in [0, 0.05) is 47.9 Å². The molecule has 226 valence electrons. The Balaban J connectivity index is 0.00000118. The van der Waals surface area contributed by atoms with Gasteiger partial charge < -0.3 is 10.2 Å². The van der Waals surface area contributed by atoms with Crippen LogP contribution in [0.15, 0.2) is 73.1 Å². The van der Waals surface area contributed by atoms with Crippen molar-refractivity contribution >= 4 is 22.2 Å². The molecule has 3 heterocycles. The minimum Gasteiger partial charge on any atom is -0.371 e. The van der Waals surface area contributed by atoms with Crippen molar-refractivity contribution in [3.05, 3.63) is 78.9 Å². The second-order valence-corrected chi connectivity index (χ2v) is 11.8. The number of pyridine rings is 1. The van der Waals surface area contributed by atoms with Gasteiger partial charge in [0.05, 0.1) is 11.2 Å². The Morgan fingerprint density at radius 3 is 2.42 bits per heavy atom. The fourth-order valence-electron chi connectivity index (χ4n) is 6.42. The Morgan fingerprint density at radius 2 is 1.67 bits per heavy atom. The first-order valence-electron chi connectivity index (χ1n) is 16.4. The molecule has 0 amide bonds. The zero-order valence-electron chi connectivity index (χ0n) is 26.7. The maximum Gasteiger partial charge on any atom is 0.152 e. The predicted octanol–water partition coefficient (Wildman–Crippen LogP) is 9.22. The minimum atomic E-state index is 0.433. The van der Waals surface area contributed by atoms with Gasteiger partial charge in [-0.15, -0.1) is 0 Å². The zero-order chi connectivity index (χ0) is 30.2. The van der Waals surface area contributed by atoms with Gasteiger partial charge in [-0.2, -0.15) is 0 Å². The molecule has 3 aromatic heterocycles. The molecule has 1 fully saturated rings. The van der Waals surface area contributed by atoms with Crippen LogP contribution >= 0.6 is 0 Å². The molecular formula is C37H48N6. The summed E-state index contributed by atoms with van der Waals surface area (Å²) in [6.07, 6.45) is 12.5. The van der Waals surface area contributed by atoms with Crippen LogP contribution in [0.1, 0.15) is 84.4 Å². The summed E-state index contributed by atoms with van der Waals surface area (Å²) in [5, 5.41) is 4.45. The highest BCUT2D eigenvalue weighted by Gasteiger charge is 2.33. The Labute approximate surface area is 257 Å². The van der Waals surface area contributed by atoms with Gasteiger partial charge in [0.15, 0.2) is 5.82 Å². The van der Waals surface area contributed by atoms with Gasteiger partial charge in [0.25, 0.3) is 0 Å². The van der Waals surface area contributed by atoms with Crippen molar-refractivity contribution in [2.24, 2.45) is 0 Å². The highest BCUT2D eigenvalue weighted by atomic mass is 15.2. The molecule has 2 unspecified atom stereocenters. The molecule has 6 nitrogen and oxygen atoms in total. The minimum absolute atomic E-state index is 0.433. The standard InChI is InChI=1S/C34H40N6.C3H8/c1-4-6-20-39(19-5-2)28-16-14-27(22-28)34-38-31(32-33(35-3)36-18-21-40(32)34)26-13-12-25-15-17-29(37-30(25)23-26)24-10-8-7-9-11-24;1-3-2/h7-13,15,17-18,21,23,27-28H,4-6,14,16,19-20,22H2,1-3H3,(H,35,36);3H2,1-2H3. The van der Waals surface area contributed by atoms with Crippen molar-refractivity contribution in [3.63, 3.8) is 0 Å². The number of imidazole rings is 1. The van der Waals surface area contributed by atoms with E-state index in [1.54, 1.807) is 0 Å². The quantitative estimate of drug-likeness (QED) is 0.180. The second-order valence-electron chi connectivity index (χ2n) is 11.8. The molecule has 0 saturated heterocycles. The van der Waals surface area contributed by atoms with Gasteiger partial charge in [0.2, 0.25) is 0 Å². The molecule has 0 bridgehead atoms. The van der Waals surface area contributed by atoms with Gasteiger partial charge in [0.1, 0.15) is 17.0 Å². The number of hydrogen-bond donors (Lipinski definition) is 1. The smallest absolute Gasteiger partial charge is 0.152 e. The first-order chi connectivity index (χ1) is 21.1. The van der Waals surface area contributed by atoms with E-state index in [4.69, 9.17) is 9.97 Å². The topological polar surface area (TPSA) is 58.4 Å². The van der Waals surface area contributed by atoms with Crippen molar-refractivity contribution in [3.8, 4) is 22.5 Å². The van der Waals surface area contributed by atoms with Gasteiger partial charge in [-0.1, -0.05) is 89.1 Å². The van der Waals surface area contributed by atoms with Gasteiger partial charge in [-0.3, -0.25) is 4.40 Å². The molecule has 1 saturated carbocycles. The Morgan fingerprint density at radius 1 is 0.884 bits per heavy atom. The predicted molar refractivity (Wildman–Crippen MR) is 182 cm³/mol. The first-order valence-corrected chi connectivity index (χ1v) is 16.4. The normalized spacial score (nSPS) is 16.5. The van der Waals surface area contributed by atoms with E-state index < -0.39 is 0 Å². The summed E-state index contributed by atoms with van der Waals surface area (Å²) < 4.78 is 2.29. The summed E-state index contributed by atoms with van der Waals surface area (Å²) in [6, 6.07) is 21.8. The fourth-order valence-corrected chi connectivity index (χ4v) is 6.42. The van der Waals surface area contributed by atoms with Gasteiger partial charge in [-0.25, -0.2) is 15.0 Å². The lowest BCUT2D eigenvalue weighted by Gasteiger charge is -2.28. The van der Waals surface area contributed by atoms with Crippen LogP contribution in [0.25, 0.3) is 38.9 Å². The van der Waals surface area contributed by atoms with Crippen LogP contribution in [-0.4, -0.2) is 50.4 Å². The fraction of sp³-hybridized carbons (Fsp3) is 0.432. The SMILES string of the molecule is CCC.CCCCN(CCC)C1CCC(c2nc(-c3ccc4ccc(-c5ccccc5)nc4c3)c3c(NC)nccn23)C1. The molecule has 1 aliphatic rings. The molecule has 0 radical (unpaired) electrons. The first kappa shape index (κ1) is 30.7. The number of fused-ring (bicyclic) bond motifs is 2. The van der Waals surface area contributed by atoms with E-state index in [1.165, 1.54) is 58.0 Å². The molecule has 1 N–H and O–H groups in total. The number of aromatic nitrogens is 4. The molecule has 5 aromatic rings. The van der Waals surface area contributed by atoms with Crippen LogP contribution < -0.4 is 5.32 Å². The maximum atomic E-state index is 5.38. The van der Waals surface area contributed by atoms with Crippen molar-refractivity contribution in [1.29, 1.82) is 0 Å². The Kier molecular flexibility index (Phi) is 10.4. The second kappa shape index (κ2) is 14.6. The number of unbranched alkanes of at least 4 members (excludes halogenated alkanes) is 1. The average molecular weight is 577 g/mol. The molecular weight excluding hydrogens is 528 g/mol. The lowest BCUT2D eigenvalue weighted by molar-refractivity contribution is 0.194. The zero-order valence-corrected chi connectivity index (χ0v) is 26.7. The van der Waals surface area contributed by atoms with E-state index in [0.717, 1.165) is 50.6 Å². The molecule has 1 aliphatic carbocycles. The van der Waals surface area contributed by atoms with Crippen molar-refractivity contribution < 1.29 is 0 Å². The maximum absolute atomic E-state index is 5.38. The number of benzene rings is 2. The molecule has 0 aliphatic heterocycles. The van der Waals surface area contributed by atoms with E-state index in [2.05, 4.69) is 108 Å². The molecule has 2 atom stereocenters. The summed E-state index contributed by atoms with van der Waals surface area (Å²) in [4.78, 5) is 17.8. The summed E-state index contributed by atoms with van der Waals surface area (Å²) in [5.74, 6) is 2.44. The Hall–Kier alpha value is -3.77. The largest absolute Gasteiger partial charge is 0.371 e. The van der Waals surface area contributed by atoms with Crippen LogP contribution in [0.5, 0.6) is 0 Å². The highest BCUT2D eigenvalue weighted by Crippen LogP contribution is 2.40. The highest BCUT2D eigenvalue weighted by molar-refractivity contribution is 5.91. The summed E-state index contributed by atoms with van der Waals surface area (Å²) in [7, 11) is 1.94. The van der Waals surface area contributed by atoms with E-state index in [-0.39, 0.29) is 0 Å². The van der Waals surface area contributed by atoms with Crippen LogP contribution in [-0.2, 0) is 0 Å². The Bertz CT molecular complexity index is 1610. The van der Waals surface area contributed by atoms with Crippen molar-refractivity contribution in [2.45, 2.75) is 84.6 Å². The van der Waals surface area contributed by atoms with E-state index in [0.29, 0.717) is 12.0 Å². The molecule has 0 spiro atoms. The molecule has 2 aromatic carbocycles. The average Bonchev–Trinajstić information content (AvgIpc) is 3.69. The lowest BCUT2D eigenvalue weighted by atomic mass is 10.1. The van der Waals surface area contributed by atoms with E-state index in [1.807, 2.05) is 19.3 Å². The van der Waals surface area contributed by atoms with Crippen LogP contribution in [0.3, 0.4) is 0 Å². The number of nitrogens with zero attached hydrogens (tertiary/aromatic N) is 5. The third kappa shape index (κ3) is 6.75. The summed E-state index contributed by atoms with van der Waals surface area (Å²) >= 11 is 0. The van der Waals surface area contributed by atoms with Crippen LogP contribution in [0.2, 0.25) is 0 Å². The molecule has 43 heavy (non-hydrogen) atoms. The number of rotatable bonds is 10. The number of hydrogen-bond acceptors (Lipinski definition) is 5. The van der Waals surface area contributed by atoms with Crippen molar-refractivity contribution in [1.82, 2.24) is 24.3 Å². The monoisotopic (exact) mass is 576 g/mol. The number of nitrogens with one attached hydrogen (secondary N) is 1. The van der Waals surface area contributed by atoms with Gasteiger partial charge in [-0.05, 0) is 57.3 Å². The summed E-state index contributed by atoms with van der Waals surface area (Å²) in [6.45, 7) is 11.2. The van der Waals surface area contributed by atoms with E-state index >= 15 is 0 Å². The molecule has 6 rings (SSSR count). The third-order valence-corrected chi connectivity index (χ3v) is 8.45. The molecule has 6 heteroatoms. The van der Waals surface area contributed by atoms with Crippen LogP contribution in [0.4, 0.5) is 5.82 Å².